The molecule has 0 radical (unpaired) electrons. The lowest BCUT2D eigenvalue weighted by atomic mass is 10.1. The van der Waals surface area contributed by atoms with Crippen LogP contribution in [0.5, 0.6) is 11.5 Å². The molecule has 0 fully saturated rings. The third kappa shape index (κ3) is 4.90. The summed E-state index contributed by atoms with van der Waals surface area (Å²) in [5.74, 6) is -0.454. The minimum absolute atomic E-state index is 0.116. The molecule has 1 N–H and O–H groups in total. The molecule has 0 aliphatic rings. The van der Waals surface area contributed by atoms with E-state index < -0.39 is 20.7 Å². The number of thiazole rings is 1. The number of hydrogen-bond donors (Lipinski definition) is 1. The largest absolute Gasteiger partial charge is 0.457 e. The van der Waals surface area contributed by atoms with Crippen molar-refractivity contribution in [3.63, 3.8) is 0 Å². The fourth-order valence-electron chi connectivity index (χ4n) is 3.41. The molecule has 3 aromatic carbocycles. The molecule has 0 bridgehead atoms. The highest BCUT2D eigenvalue weighted by atomic mass is 35.5. The number of halogens is 2. The second kappa shape index (κ2) is 9.49. The number of aromatic nitrogens is 3. The number of benzene rings is 3. The Balaban J connectivity index is 1.48. The molecule has 0 saturated heterocycles. The number of anilines is 1. The molecule has 0 amide bonds. The van der Waals surface area contributed by atoms with Crippen LogP contribution in [0.3, 0.4) is 0 Å². The number of hydrogen-bond acceptors (Lipinski definition) is 6. The third-order valence-electron chi connectivity index (χ3n) is 4.94. The van der Waals surface area contributed by atoms with Crippen LogP contribution in [-0.2, 0) is 10.0 Å². The van der Waals surface area contributed by atoms with E-state index in [9.17, 15) is 12.8 Å². The van der Waals surface area contributed by atoms with E-state index in [0.29, 0.717) is 22.0 Å². The quantitative estimate of drug-likeness (QED) is 0.266. The Morgan fingerprint density at radius 3 is 2.57 bits per heavy atom. The first-order chi connectivity index (χ1) is 16.9. The van der Waals surface area contributed by atoms with E-state index in [2.05, 4.69) is 14.8 Å². The molecule has 2 heterocycles. The molecule has 2 aromatic heterocycles. The summed E-state index contributed by atoms with van der Waals surface area (Å²) in [5.41, 5.74) is 2.18. The Morgan fingerprint density at radius 2 is 1.83 bits per heavy atom. The van der Waals surface area contributed by atoms with Crippen LogP contribution in [0.25, 0.3) is 16.9 Å². The molecule has 35 heavy (non-hydrogen) atoms. The van der Waals surface area contributed by atoms with Crippen LogP contribution in [0.15, 0.2) is 95.5 Å². The standard InChI is InChI=1S/C24H16ClFN4O3S2/c25-16-6-8-22(19(14-16)21-10-11-28-30(21)17-4-2-1-3-5-17)33-18-7-9-23(20(26)15-18)35(31,32)29-24-27-12-13-34-24/h1-15H,(H,27,29). The lowest BCUT2D eigenvalue weighted by molar-refractivity contribution is 0.474. The SMILES string of the molecule is O=S(=O)(Nc1nccs1)c1ccc(Oc2ccc(Cl)cc2-c2ccnn2-c2ccccc2)cc1F. The monoisotopic (exact) mass is 526 g/mol. The molecular weight excluding hydrogens is 511 g/mol. The maximum absolute atomic E-state index is 14.8. The van der Waals surface area contributed by atoms with Crippen molar-refractivity contribution in [2.24, 2.45) is 0 Å². The van der Waals surface area contributed by atoms with E-state index in [0.717, 1.165) is 29.2 Å². The van der Waals surface area contributed by atoms with Gasteiger partial charge in [0, 0.05) is 28.2 Å². The molecule has 0 atom stereocenters. The average molecular weight is 527 g/mol. The van der Waals surface area contributed by atoms with E-state index in [4.69, 9.17) is 16.3 Å². The first kappa shape index (κ1) is 23.0. The van der Waals surface area contributed by atoms with Crippen molar-refractivity contribution in [2.75, 3.05) is 4.72 Å². The van der Waals surface area contributed by atoms with Gasteiger partial charge in [0.25, 0.3) is 10.0 Å². The number of nitrogens with one attached hydrogen (secondary N) is 1. The van der Waals surface area contributed by atoms with Crippen molar-refractivity contribution < 1.29 is 17.5 Å². The first-order valence-electron chi connectivity index (χ1n) is 10.2. The summed E-state index contributed by atoms with van der Waals surface area (Å²) in [5, 5.41) is 6.64. The molecule has 0 unspecified atom stereocenters. The smallest absolute Gasteiger partial charge is 0.266 e. The van der Waals surface area contributed by atoms with E-state index in [1.807, 2.05) is 36.4 Å². The van der Waals surface area contributed by atoms with Crippen molar-refractivity contribution in [2.45, 2.75) is 4.90 Å². The van der Waals surface area contributed by atoms with Gasteiger partial charge >= 0.3 is 0 Å². The van der Waals surface area contributed by atoms with Crippen molar-refractivity contribution in [1.29, 1.82) is 0 Å². The van der Waals surface area contributed by atoms with Crippen molar-refractivity contribution in [3.8, 4) is 28.4 Å². The topological polar surface area (TPSA) is 86.1 Å². The van der Waals surface area contributed by atoms with Crippen molar-refractivity contribution >= 4 is 38.1 Å². The van der Waals surface area contributed by atoms with Gasteiger partial charge in [0.1, 0.15) is 22.2 Å². The van der Waals surface area contributed by atoms with Gasteiger partial charge in [0.2, 0.25) is 0 Å². The highest BCUT2D eigenvalue weighted by Gasteiger charge is 2.21. The van der Waals surface area contributed by atoms with Crippen LogP contribution < -0.4 is 9.46 Å². The Bertz CT molecular complexity index is 1590. The summed E-state index contributed by atoms with van der Waals surface area (Å²) in [6.45, 7) is 0. The second-order valence-corrected chi connectivity index (χ2v) is 10.2. The summed E-state index contributed by atoms with van der Waals surface area (Å²) < 4.78 is 49.9. The summed E-state index contributed by atoms with van der Waals surface area (Å²) in [6, 6.07) is 19.9. The molecule has 0 spiro atoms. The van der Waals surface area contributed by atoms with Gasteiger partial charge in [0.05, 0.1) is 17.6 Å². The minimum Gasteiger partial charge on any atom is -0.457 e. The second-order valence-electron chi connectivity index (χ2n) is 7.24. The van der Waals surface area contributed by atoms with Crippen molar-refractivity contribution in [1.82, 2.24) is 14.8 Å². The van der Waals surface area contributed by atoms with Crippen LogP contribution in [-0.4, -0.2) is 23.2 Å². The Hall–Kier alpha value is -3.73. The van der Waals surface area contributed by atoms with E-state index in [1.54, 1.807) is 34.5 Å². The lowest BCUT2D eigenvalue weighted by Crippen LogP contribution is -2.14. The molecule has 11 heteroatoms. The van der Waals surface area contributed by atoms with E-state index in [-0.39, 0.29) is 10.9 Å². The molecule has 176 valence electrons. The summed E-state index contributed by atoms with van der Waals surface area (Å²) >= 11 is 7.36. The van der Waals surface area contributed by atoms with Crippen LogP contribution in [0.1, 0.15) is 0 Å². The Labute approximate surface area is 209 Å². The fourth-order valence-corrected chi connectivity index (χ4v) is 5.43. The molecular formula is C24H16ClFN4O3S2. The number of para-hydroxylation sites is 1. The van der Waals surface area contributed by atoms with Gasteiger partial charge in [-0.25, -0.2) is 22.5 Å². The number of nitrogens with zero attached hydrogens (tertiary/aromatic N) is 3. The van der Waals surface area contributed by atoms with Gasteiger partial charge < -0.3 is 4.74 Å². The minimum atomic E-state index is -4.15. The van der Waals surface area contributed by atoms with Gasteiger partial charge in [-0.15, -0.1) is 11.3 Å². The fraction of sp³-hybridized carbons (Fsp3) is 0. The predicted octanol–water partition coefficient (Wildman–Crippen LogP) is 6.38. The zero-order valence-electron chi connectivity index (χ0n) is 17.8. The maximum atomic E-state index is 14.8. The van der Waals surface area contributed by atoms with Gasteiger partial charge in [-0.05, 0) is 48.5 Å². The summed E-state index contributed by atoms with van der Waals surface area (Å²) in [7, 11) is -4.15. The third-order valence-corrected chi connectivity index (χ3v) is 7.36. The normalized spacial score (nSPS) is 11.4. The molecule has 7 nitrogen and oxygen atoms in total. The lowest BCUT2D eigenvalue weighted by Gasteiger charge is -2.14. The summed E-state index contributed by atoms with van der Waals surface area (Å²) in [4.78, 5) is 3.35. The number of rotatable bonds is 7. The van der Waals surface area contributed by atoms with Crippen molar-refractivity contribution in [3.05, 3.63) is 101 Å². The summed E-state index contributed by atoms with van der Waals surface area (Å²) in [6.07, 6.45) is 3.10. The first-order valence-corrected chi connectivity index (χ1v) is 12.9. The zero-order valence-corrected chi connectivity index (χ0v) is 20.2. The van der Waals surface area contributed by atoms with E-state index >= 15 is 0 Å². The average Bonchev–Trinajstić information content (AvgIpc) is 3.53. The van der Waals surface area contributed by atoms with Crippen LogP contribution in [0.4, 0.5) is 9.52 Å². The Morgan fingerprint density at radius 1 is 1.00 bits per heavy atom. The van der Waals surface area contributed by atoms with Crippen LogP contribution in [0.2, 0.25) is 5.02 Å². The van der Waals surface area contributed by atoms with Gasteiger partial charge in [-0.3, -0.25) is 4.72 Å². The van der Waals surface area contributed by atoms with Gasteiger partial charge in [-0.2, -0.15) is 5.10 Å². The molecule has 5 rings (SSSR count). The van der Waals surface area contributed by atoms with Crippen LogP contribution >= 0.6 is 22.9 Å². The van der Waals surface area contributed by atoms with Gasteiger partial charge in [0.15, 0.2) is 5.13 Å². The highest BCUT2D eigenvalue weighted by molar-refractivity contribution is 7.93. The molecule has 0 aliphatic heterocycles. The van der Waals surface area contributed by atoms with Crippen LogP contribution in [0, 0.1) is 5.82 Å². The molecule has 5 aromatic rings. The number of ether oxygens (including phenoxy) is 1. The predicted molar refractivity (Wildman–Crippen MR) is 133 cm³/mol. The van der Waals surface area contributed by atoms with E-state index in [1.165, 1.54) is 12.3 Å². The zero-order chi connectivity index (χ0) is 24.4. The maximum Gasteiger partial charge on any atom is 0.266 e. The van der Waals surface area contributed by atoms with Gasteiger partial charge in [-0.1, -0.05) is 29.8 Å². The molecule has 0 saturated carbocycles. The Kier molecular flexibility index (Phi) is 6.25. The number of sulfonamides is 1. The molecule has 0 aliphatic carbocycles. The highest BCUT2D eigenvalue weighted by Crippen LogP contribution is 2.37.